The molecule has 0 heterocycles. The van der Waals surface area contributed by atoms with Gasteiger partial charge in [0.2, 0.25) is 5.91 Å². The van der Waals surface area contributed by atoms with E-state index in [-0.39, 0.29) is 12.5 Å². The molecule has 1 aromatic rings. The Hall–Kier alpha value is -1.69. The van der Waals surface area contributed by atoms with E-state index in [2.05, 4.69) is 0 Å². The van der Waals surface area contributed by atoms with E-state index in [0.29, 0.717) is 12.2 Å². The maximum atomic E-state index is 11.6. The first kappa shape index (κ1) is 15.4. The fourth-order valence-electron chi connectivity index (χ4n) is 1.41. The number of methoxy groups -OCH3 is 1. The van der Waals surface area contributed by atoms with E-state index in [4.69, 9.17) is 9.84 Å². The third-order valence-electron chi connectivity index (χ3n) is 2.44. The first-order chi connectivity index (χ1) is 9.02. The zero-order valence-electron chi connectivity index (χ0n) is 11.0. The predicted molar refractivity (Wildman–Crippen MR) is 73.6 cm³/mol. The SMILES string of the molecule is COc1ccc(SCCC(=O)N(C)CC(=O)O)cc1. The topological polar surface area (TPSA) is 66.8 Å². The molecule has 19 heavy (non-hydrogen) atoms. The number of ether oxygens (including phenoxy) is 1. The van der Waals surface area contributed by atoms with Gasteiger partial charge in [0, 0.05) is 24.1 Å². The fourth-order valence-corrected chi connectivity index (χ4v) is 2.25. The number of carboxylic acids is 1. The normalized spacial score (nSPS) is 10.0. The molecule has 0 aliphatic rings. The van der Waals surface area contributed by atoms with Crippen molar-refractivity contribution in [3.63, 3.8) is 0 Å². The van der Waals surface area contributed by atoms with E-state index in [9.17, 15) is 9.59 Å². The quantitative estimate of drug-likeness (QED) is 0.772. The molecule has 5 nitrogen and oxygen atoms in total. The Kier molecular flexibility index (Phi) is 6.21. The van der Waals surface area contributed by atoms with Gasteiger partial charge in [-0.15, -0.1) is 11.8 Å². The number of benzene rings is 1. The van der Waals surface area contributed by atoms with Crippen LogP contribution in [0.15, 0.2) is 29.2 Å². The summed E-state index contributed by atoms with van der Waals surface area (Å²) >= 11 is 1.55. The number of carbonyl (C=O) groups is 2. The van der Waals surface area contributed by atoms with Gasteiger partial charge in [-0.2, -0.15) is 0 Å². The van der Waals surface area contributed by atoms with E-state index >= 15 is 0 Å². The lowest BCUT2D eigenvalue weighted by Crippen LogP contribution is -2.32. The molecule has 1 aromatic carbocycles. The summed E-state index contributed by atoms with van der Waals surface area (Å²) in [7, 11) is 3.10. The van der Waals surface area contributed by atoms with Gasteiger partial charge in [-0.25, -0.2) is 0 Å². The minimum absolute atomic E-state index is 0.164. The van der Waals surface area contributed by atoms with Crippen molar-refractivity contribution in [2.24, 2.45) is 0 Å². The van der Waals surface area contributed by atoms with Crippen LogP contribution in [0.2, 0.25) is 0 Å². The maximum absolute atomic E-state index is 11.6. The van der Waals surface area contributed by atoms with Crippen molar-refractivity contribution in [1.29, 1.82) is 0 Å². The molecule has 0 aliphatic heterocycles. The van der Waals surface area contributed by atoms with E-state index < -0.39 is 5.97 Å². The number of thioether (sulfide) groups is 1. The summed E-state index contributed by atoms with van der Waals surface area (Å²) in [5.74, 6) is 0.249. The first-order valence-electron chi connectivity index (χ1n) is 5.75. The third-order valence-corrected chi connectivity index (χ3v) is 3.46. The van der Waals surface area contributed by atoms with Gasteiger partial charge in [0.1, 0.15) is 12.3 Å². The van der Waals surface area contributed by atoms with Crippen molar-refractivity contribution in [1.82, 2.24) is 4.90 Å². The molecule has 0 saturated carbocycles. The molecule has 104 valence electrons. The molecule has 0 bridgehead atoms. The molecule has 0 unspecified atom stereocenters. The number of rotatable bonds is 7. The molecule has 0 spiro atoms. The van der Waals surface area contributed by atoms with Gasteiger partial charge in [0.25, 0.3) is 0 Å². The minimum Gasteiger partial charge on any atom is -0.497 e. The van der Waals surface area contributed by atoms with E-state index in [0.717, 1.165) is 10.6 Å². The molecular formula is C13H17NO4S. The van der Waals surface area contributed by atoms with E-state index in [1.54, 1.807) is 18.9 Å². The molecule has 0 fully saturated rings. The van der Waals surface area contributed by atoms with Crippen molar-refractivity contribution in [3.8, 4) is 5.75 Å². The second-order valence-corrected chi connectivity index (χ2v) is 5.09. The van der Waals surface area contributed by atoms with Crippen molar-refractivity contribution in [2.45, 2.75) is 11.3 Å². The fraction of sp³-hybridized carbons (Fsp3) is 0.385. The van der Waals surface area contributed by atoms with Crippen molar-refractivity contribution in [3.05, 3.63) is 24.3 Å². The number of carbonyl (C=O) groups excluding carboxylic acids is 1. The zero-order chi connectivity index (χ0) is 14.3. The van der Waals surface area contributed by atoms with Gasteiger partial charge in [-0.3, -0.25) is 9.59 Å². The molecule has 6 heteroatoms. The number of hydrogen-bond acceptors (Lipinski definition) is 4. The van der Waals surface area contributed by atoms with Gasteiger partial charge in [0.15, 0.2) is 0 Å². The van der Waals surface area contributed by atoms with Crippen molar-refractivity contribution < 1.29 is 19.4 Å². The number of hydrogen-bond donors (Lipinski definition) is 1. The summed E-state index contributed by atoms with van der Waals surface area (Å²) in [5, 5.41) is 8.57. The highest BCUT2D eigenvalue weighted by Crippen LogP contribution is 2.21. The zero-order valence-corrected chi connectivity index (χ0v) is 11.8. The summed E-state index contributed by atoms with van der Waals surface area (Å²) in [6.07, 6.45) is 0.320. The van der Waals surface area contributed by atoms with Crippen LogP contribution in [0.1, 0.15) is 6.42 Å². The highest BCUT2D eigenvalue weighted by atomic mass is 32.2. The van der Waals surface area contributed by atoms with Crippen LogP contribution in [0.25, 0.3) is 0 Å². The Morgan fingerprint density at radius 3 is 2.47 bits per heavy atom. The summed E-state index contributed by atoms with van der Waals surface area (Å²) in [6, 6.07) is 7.57. The Balaban J connectivity index is 2.32. The molecule has 1 amide bonds. The highest BCUT2D eigenvalue weighted by Gasteiger charge is 2.11. The lowest BCUT2D eigenvalue weighted by Gasteiger charge is -2.14. The number of carboxylic acid groups (broad SMARTS) is 1. The van der Waals surface area contributed by atoms with Crippen LogP contribution in [0.5, 0.6) is 5.75 Å². The maximum Gasteiger partial charge on any atom is 0.323 e. The Morgan fingerprint density at radius 1 is 1.32 bits per heavy atom. The average Bonchev–Trinajstić information content (AvgIpc) is 2.38. The van der Waals surface area contributed by atoms with E-state index in [1.807, 2.05) is 24.3 Å². The molecule has 0 aromatic heterocycles. The van der Waals surface area contributed by atoms with Gasteiger partial charge in [0.05, 0.1) is 7.11 Å². The summed E-state index contributed by atoms with van der Waals surface area (Å²) in [5.41, 5.74) is 0. The summed E-state index contributed by atoms with van der Waals surface area (Å²) < 4.78 is 5.05. The van der Waals surface area contributed by atoms with Gasteiger partial charge in [-0.1, -0.05) is 0 Å². The molecule has 0 aliphatic carbocycles. The van der Waals surface area contributed by atoms with Gasteiger partial charge < -0.3 is 14.7 Å². The lowest BCUT2D eigenvalue weighted by atomic mass is 10.3. The Morgan fingerprint density at radius 2 is 1.95 bits per heavy atom. The van der Waals surface area contributed by atoms with Crippen LogP contribution in [0.4, 0.5) is 0 Å². The van der Waals surface area contributed by atoms with Crippen LogP contribution in [0, 0.1) is 0 Å². The highest BCUT2D eigenvalue weighted by molar-refractivity contribution is 7.99. The molecule has 0 saturated heterocycles. The summed E-state index contributed by atoms with van der Waals surface area (Å²) in [4.78, 5) is 24.3. The predicted octanol–water partition coefficient (Wildman–Crippen LogP) is 1.72. The van der Waals surface area contributed by atoms with Crippen LogP contribution >= 0.6 is 11.8 Å². The van der Waals surface area contributed by atoms with Crippen LogP contribution in [-0.4, -0.2) is 48.3 Å². The Labute approximate surface area is 116 Å². The Bertz CT molecular complexity index is 433. The monoisotopic (exact) mass is 283 g/mol. The molecule has 0 atom stereocenters. The van der Waals surface area contributed by atoms with Gasteiger partial charge in [-0.05, 0) is 24.3 Å². The van der Waals surface area contributed by atoms with Crippen molar-refractivity contribution in [2.75, 3.05) is 26.5 Å². The van der Waals surface area contributed by atoms with E-state index in [1.165, 1.54) is 11.9 Å². The standard InChI is InChI=1S/C13H17NO4S/c1-14(9-13(16)17)12(15)7-8-19-11-5-3-10(18-2)4-6-11/h3-6H,7-9H2,1-2H3,(H,16,17). The summed E-state index contributed by atoms with van der Waals surface area (Å²) in [6.45, 7) is -0.258. The van der Waals surface area contributed by atoms with Crippen LogP contribution < -0.4 is 4.74 Å². The number of amides is 1. The average molecular weight is 283 g/mol. The molecule has 0 radical (unpaired) electrons. The van der Waals surface area contributed by atoms with Crippen LogP contribution in [0.3, 0.4) is 0 Å². The second kappa shape index (κ2) is 7.68. The number of aliphatic carboxylic acids is 1. The largest absolute Gasteiger partial charge is 0.497 e. The second-order valence-electron chi connectivity index (χ2n) is 3.92. The van der Waals surface area contributed by atoms with Gasteiger partial charge >= 0.3 is 5.97 Å². The first-order valence-corrected chi connectivity index (χ1v) is 6.74. The van der Waals surface area contributed by atoms with Crippen molar-refractivity contribution >= 4 is 23.6 Å². The lowest BCUT2D eigenvalue weighted by molar-refractivity contribution is -0.143. The number of likely N-dealkylation sites (N-methyl/N-ethyl adjacent to an activating group) is 1. The minimum atomic E-state index is -1.00. The smallest absolute Gasteiger partial charge is 0.323 e. The number of nitrogens with zero attached hydrogens (tertiary/aromatic N) is 1. The molecule has 1 rings (SSSR count). The third kappa shape index (κ3) is 5.65. The molecule has 1 N–H and O–H groups in total. The van der Waals surface area contributed by atoms with Crippen LogP contribution in [-0.2, 0) is 9.59 Å². The molecular weight excluding hydrogens is 266 g/mol.